The number of fused-ring (bicyclic) bond motifs is 1. The minimum Gasteiger partial charge on any atom is -0.376 e. The van der Waals surface area contributed by atoms with Crippen LogP contribution in [0.4, 0.5) is 4.79 Å². The van der Waals surface area contributed by atoms with Gasteiger partial charge in [-0.25, -0.2) is 4.79 Å². The molecule has 26 heavy (non-hydrogen) atoms. The molecule has 2 amide bonds. The maximum atomic E-state index is 12.3. The first-order valence-corrected chi connectivity index (χ1v) is 9.75. The number of rotatable bonds is 4. The molecule has 2 aliphatic heterocycles. The second kappa shape index (κ2) is 7.57. The third-order valence-electron chi connectivity index (χ3n) is 5.27. The third-order valence-corrected chi connectivity index (χ3v) is 5.27. The van der Waals surface area contributed by atoms with Crippen LogP contribution in [0.1, 0.15) is 57.2 Å². The smallest absolute Gasteiger partial charge is 0.315 e. The van der Waals surface area contributed by atoms with Crippen molar-refractivity contribution in [2.24, 2.45) is 0 Å². The summed E-state index contributed by atoms with van der Waals surface area (Å²) in [6.45, 7) is 11.0. The van der Waals surface area contributed by atoms with E-state index in [1.165, 1.54) is 16.7 Å². The molecule has 0 aromatic heterocycles. The van der Waals surface area contributed by atoms with Crippen molar-refractivity contribution in [1.82, 2.24) is 16.0 Å². The van der Waals surface area contributed by atoms with E-state index in [4.69, 9.17) is 4.74 Å². The highest BCUT2D eigenvalue weighted by Crippen LogP contribution is 2.28. The quantitative estimate of drug-likeness (QED) is 0.775. The number of nitrogens with one attached hydrogen (secondary N) is 3. The van der Waals surface area contributed by atoms with E-state index in [-0.39, 0.29) is 23.2 Å². The standard InChI is InChI=1S/C21H33N3O2/c1-20(2)12-18(13-21(3,4)24-20)23-19(25)22-9-7-15-5-6-17-14-26-10-8-16(17)11-15/h5-6,11,18,24H,7-10,12-14H2,1-4H3,(H2,22,23,25). The summed E-state index contributed by atoms with van der Waals surface area (Å²) in [4.78, 5) is 12.3. The first kappa shape index (κ1) is 19.2. The van der Waals surface area contributed by atoms with Crippen LogP contribution in [0.3, 0.4) is 0 Å². The van der Waals surface area contributed by atoms with Crippen molar-refractivity contribution in [3.63, 3.8) is 0 Å². The van der Waals surface area contributed by atoms with Gasteiger partial charge < -0.3 is 20.7 Å². The van der Waals surface area contributed by atoms with E-state index in [1.807, 2.05) is 0 Å². The lowest BCUT2D eigenvalue weighted by molar-refractivity contribution is 0.110. The Labute approximate surface area is 157 Å². The molecule has 3 rings (SSSR count). The minimum absolute atomic E-state index is 0.0343. The van der Waals surface area contributed by atoms with Crippen LogP contribution in [0.2, 0.25) is 0 Å². The van der Waals surface area contributed by atoms with Gasteiger partial charge in [0.25, 0.3) is 0 Å². The van der Waals surface area contributed by atoms with Crippen molar-refractivity contribution in [3.8, 4) is 0 Å². The van der Waals surface area contributed by atoms with Crippen molar-refractivity contribution < 1.29 is 9.53 Å². The molecule has 2 heterocycles. The summed E-state index contributed by atoms with van der Waals surface area (Å²) in [5, 5.41) is 9.82. The fourth-order valence-corrected chi connectivity index (χ4v) is 4.55. The monoisotopic (exact) mass is 359 g/mol. The molecule has 0 radical (unpaired) electrons. The van der Waals surface area contributed by atoms with Crippen molar-refractivity contribution in [1.29, 1.82) is 0 Å². The molecule has 0 bridgehead atoms. The van der Waals surface area contributed by atoms with Crippen LogP contribution >= 0.6 is 0 Å². The molecule has 1 aromatic rings. The Morgan fingerprint density at radius 1 is 1.19 bits per heavy atom. The molecule has 5 nitrogen and oxygen atoms in total. The third kappa shape index (κ3) is 5.21. The Balaban J connectivity index is 1.46. The normalized spacial score (nSPS) is 21.7. The van der Waals surface area contributed by atoms with Crippen LogP contribution in [-0.2, 0) is 24.2 Å². The molecule has 1 aromatic carbocycles. The summed E-state index contributed by atoms with van der Waals surface area (Å²) >= 11 is 0. The molecule has 0 aliphatic carbocycles. The van der Waals surface area contributed by atoms with Crippen LogP contribution in [-0.4, -0.2) is 36.3 Å². The molecule has 0 saturated carbocycles. The topological polar surface area (TPSA) is 62.4 Å². The first-order valence-electron chi connectivity index (χ1n) is 9.75. The van der Waals surface area contributed by atoms with Crippen LogP contribution in [0, 0.1) is 0 Å². The van der Waals surface area contributed by atoms with E-state index >= 15 is 0 Å². The molecule has 1 fully saturated rings. The largest absolute Gasteiger partial charge is 0.376 e. The summed E-state index contributed by atoms with van der Waals surface area (Å²) < 4.78 is 5.48. The first-order chi connectivity index (χ1) is 12.2. The Morgan fingerprint density at radius 3 is 2.65 bits per heavy atom. The molecule has 144 valence electrons. The number of ether oxygens (including phenoxy) is 1. The number of amides is 2. The van der Waals surface area contributed by atoms with E-state index < -0.39 is 0 Å². The van der Waals surface area contributed by atoms with Crippen LogP contribution in [0.25, 0.3) is 0 Å². The molecular formula is C21H33N3O2. The maximum absolute atomic E-state index is 12.3. The second-order valence-corrected chi connectivity index (χ2v) is 9.05. The van der Waals surface area contributed by atoms with Gasteiger partial charge in [-0.15, -0.1) is 0 Å². The molecule has 1 saturated heterocycles. The summed E-state index contributed by atoms with van der Waals surface area (Å²) in [6, 6.07) is 6.70. The summed E-state index contributed by atoms with van der Waals surface area (Å²) in [7, 11) is 0. The molecule has 0 unspecified atom stereocenters. The van der Waals surface area contributed by atoms with Gasteiger partial charge in [0.15, 0.2) is 0 Å². The maximum Gasteiger partial charge on any atom is 0.315 e. The fraction of sp³-hybridized carbons (Fsp3) is 0.667. The Hall–Kier alpha value is -1.59. The van der Waals surface area contributed by atoms with Crippen molar-refractivity contribution in [2.75, 3.05) is 13.2 Å². The average Bonchev–Trinajstić information content (AvgIpc) is 2.51. The highest BCUT2D eigenvalue weighted by molar-refractivity contribution is 5.74. The Morgan fingerprint density at radius 2 is 1.92 bits per heavy atom. The number of carbonyl (C=O) groups excluding carboxylic acids is 1. The van der Waals surface area contributed by atoms with Crippen molar-refractivity contribution in [2.45, 2.75) is 77.1 Å². The lowest BCUT2D eigenvalue weighted by atomic mass is 9.80. The number of urea groups is 1. The van der Waals surface area contributed by atoms with Gasteiger partial charge in [0.1, 0.15) is 0 Å². The predicted octanol–water partition coefficient (Wildman–Crippen LogP) is 2.91. The number of hydrogen-bond acceptors (Lipinski definition) is 3. The second-order valence-electron chi connectivity index (χ2n) is 9.05. The summed E-state index contributed by atoms with van der Waals surface area (Å²) in [6.07, 6.45) is 3.72. The molecular weight excluding hydrogens is 326 g/mol. The number of benzene rings is 1. The predicted molar refractivity (Wildman–Crippen MR) is 104 cm³/mol. The Kier molecular flexibility index (Phi) is 5.58. The number of carbonyl (C=O) groups is 1. The zero-order chi connectivity index (χ0) is 18.8. The molecule has 0 atom stereocenters. The highest BCUT2D eigenvalue weighted by Gasteiger charge is 2.38. The van der Waals surface area contributed by atoms with Gasteiger partial charge in [0.05, 0.1) is 13.2 Å². The molecule has 3 N–H and O–H groups in total. The van der Waals surface area contributed by atoms with Gasteiger partial charge in [-0.2, -0.15) is 0 Å². The van der Waals surface area contributed by atoms with Gasteiger partial charge in [-0.1, -0.05) is 18.2 Å². The SMILES string of the molecule is CC1(C)CC(NC(=O)NCCc2ccc3c(c2)CCOC3)CC(C)(C)N1. The van der Waals surface area contributed by atoms with E-state index in [9.17, 15) is 4.79 Å². The molecule has 5 heteroatoms. The molecule has 2 aliphatic rings. The van der Waals surface area contributed by atoms with Crippen molar-refractivity contribution in [3.05, 3.63) is 34.9 Å². The van der Waals surface area contributed by atoms with Gasteiger partial charge >= 0.3 is 6.03 Å². The van der Waals surface area contributed by atoms with Gasteiger partial charge in [0, 0.05) is 23.7 Å². The van der Waals surface area contributed by atoms with E-state index in [0.717, 1.165) is 38.9 Å². The lowest BCUT2D eigenvalue weighted by Gasteiger charge is -2.46. The number of piperidine rings is 1. The number of hydrogen-bond donors (Lipinski definition) is 3. The highest BCUT2D eigenvalue weighted by atomic mass is 16.5. The van der Waals surface area contributed by atoms with Gasteiger partial charge in [0.2, 0.25) is 0 Å². The van der Waals surface area contributed by atoms with Gasteiger partial charge in [-0.05, 0) is 70.1 Å². The van der Waals surface area contributed by atoms with Crippen molar-refractivity contribution >= 4 is 6.03 Å². The van der Waals surface area contributed by atoms with Crippen LogP contribution in [0.5, 0.6) is 0 Å². The minimum atomic E-state index is -0.0603. The Bertz CT molecular complexity index is 639. The van der Waals surface area contributed by atoms with E-state index in [2.05, 4.69) is 61.8 Å². The van der Waals surface area contributed by atoms with E-state index in [0.29, 0.717) is 6.54 Å². The molecule has 0 spiro atoms. The van der Waals surface area contributed by atoms with Crippen LogP contribution < -0.4 is 16.0 Å². The van der Waals surface area contributed by atoms with E-state index in [1.54, 1.807) is 0 Å². The fourth-order valence-electron chi connectivity index (χ4n) is 4.55. The summed E-state index contributed by atoms with van der Waals surface area (Å²) in [5.41, 5.74) is 4.02. The zero-order valence-corrected chi connectivity index (χ0v) is 16.6. The summed E-state index contributed by atoms with van der Waals surface area (Å²) in [5.74, 6) is 0. The van der Waals surface area contributed by atoms with Gasteiger partial charge in [-0.3, -0.25) is 0 Å². The average molecular weight is 360 g/mol. The lowest BCUT2D eigenvalue weighted by Crippen LogP contribution is -2.62. The van der Waals surface area contributed by atoms with Crippen LogP contribution in [0.15, 0.2) is 18.2 Å². The zero-order valence-electron chi connectivity index (χ0n) is 16.6.